The predicted octanol–water partition coefficient (Wildman–Crippen LogP) is 2.20. The molecule has 2 aliphatic heterocycles. The molecule has 8 heteroatoms. The SMILES string of the molecule is CC(Cc1ccc2c(c1)OCO2)CN1CCc2nnc(CCNC(=O)C3CCC3)n2CC1. The molecule has 5 rings (SSSR count). The van der Waals surface area contributed by atoms with Crippen LogP contribution < -0.4 is 14.8 Å². The first-order valence-corrected chi connectivity index (χ1v) is 12.0. The number of nitrogens with zero attached hydrogens (tertiary/aromatic N) is 4. The van der Waals surface area contributed by atoms with Crippen LogP contribution >= 0.6 is 0 Å². The van der Waals surface area contributed by atoms with Crippen molar-refractivity contribution in [3.8, 4) is 11.5 Å². The van der Waals surface area contributed by atoms with Gasteiger partial charge in [0.1, 0.15) is 11.6 Å². The van der Waals surface area contributed by atoms with Crippen LogP contribution in [0.3, 0.4) is 0 Å². The van der Waals surface area contributed by atoms with E-state index in [2.05, 4.69) is 44.0 Å². The lowest BCUT2D eigenvalue weighted by Crippen LogP contribution is -2.35. The summed E-state index contributed by atoms with van der Waals surface area (Å²) in [6.45, 7) is 7.24. The molecule has 0 spiro atoms. The van der Waals surface area contributed by atoms with Gasteiger partial charge in [0.15, 0.2) is 11.5 Å². The molecular formula is C24H33N5O3. The highest BCUT2D eigenvalue weighted by Gasteiger charge is 2.25. The zero-order valence-corrected chi connectivity index (χ0v) is 18.9. The Morgan fingerprint density at radius 1 is 1.19 bits per heavy atom. The Labute approximate surface area is 189 Å². The van der Waals surface area contributed by atoms with E-state index in [9.17, 15) is 4.79 Å². The standard InChI is InChI=1S/C24H33N5O3/c1-17(13-18-5-6-20-21(14-18)32-16-31-20)15-28-10-8-23-27-26-22(29(23)12-11-28)7-9-25-24(30)19-3-2-4-19/h5-6,14,17,19H,2-4,7-13,15-16H2,1H3,(H,25,30). The number of nitrogens with one attached hydrogen (secondary N) is 1. The minimum Gasteiger partial charge on any atom is -0.454 e. The van der Waals surface area contributed by atoms with Gasteiger partial charge in [-0.1, -0.05) is 19.4 Å². The van der Waals surface area contributed by atoms with E-state index in [0.717, 1.165) is 81.4 Å². The quantitative estimate of drug-likeness (QED) is 0.679. The van der Waals surface area contributed by atoms with Crippen LogP contribution in [0.4, 0.5) is 0 Å². The topological polar surface area (TPSA) is 81.5 Å². The van der Waals surface area contributed by atoms with Crippen molar-refractivity contribution < 1.29 is 14.3 Å². The average Bonchev–Trinajstić information content (AvgIpc) is 3.30. The zero-order chi connectivity index (χ0) is 21.9. The molecule has 0 bridgehead atoms. The first-order chi connectivity index (χ1) is 15.7. The molecule has 8 nitrogen and oxygen atoms in total. The Kier molecular flexibility index (Phi) is 6.30. The lowest BCUT2D eigenvalue weighted by Gasteiger charge is -2.24. The van der Waals surface area contributed by atoms with Gasteiger partial charge in [-0.2, -0.15) is 0 Å². The Balaban J connectivity index is 1.10. The molecule has 1 aromatic carbocycles. The van der Waals surface area contributed by atoms with Gasteiger partial charge < -0.3 is 24.3 Å². The number of hydrogen-bond acceptors (Lipinski definition) is 6. The first-order valence-electron chi connectivity index (χ1n) is 12.0. The molecule has 1 aliphatic carbocycles. The second-order valence-electron chi connectivity index (χ2n) is 9.40. The van der Waals surface area contributed by atoms with Crippen LogP contribution in [0.5, 0.6) is 11.5 Å². The van der Waals surface area contributed by atoms with E-state index in [4.69, 9.17) is 9.47 Å². The Hall–Kier alpha value is -2.61. The lowest BCUT2D eigenvalue weighted by atomic mass is 9.85. The van der Waals surface area contributed by atoms with Crippen molar-refractivity contribution in [3.63, 3.8) is 0 Å². The van der Waals surface area contributed by atoms with Crippen molar-refractivity contribution in [3.05, 3.63) is 35.4 Å². The van der Waals surface area contributed by atoms with Gasteiger partial charge in [0.05, 0.1) is 0 Å². The normalized spacial score (nSPS) is 19.2. The third-order valence-electron chi connectivity index (χ3n) is 6.91. The summed E-state index contributed by atoms with van der Waals surface area (Å²) in [7, 11) is 0. The van der Waals surface area contributed by atoms with Crippen molar-refractivity contribution >= 4 is 5.91 Å². The van der Waals surface area contributed by atoms with E-state index in [0.29, 0.717) is 19.3 Å². The molecule has 1 aromatic heterocycles. The molecule has 1 saturated carbocycles. The van der Waals surface area contributed by atoms with Crippen molar-refractivity contribution in [1.29, 1.82) is 0 Å². The van der Waals surface area contributed by atoms with Crippen LogP contribution in [0.1, 0.15) is 43.4 Å². The first kappa shape index (κ1) is 21.2. The number of hydrogen-bond donors (Lipinski definition) is 1. The fourth-order valence-corrected chi connectivity index (χ4v) is 4.88. The number of fused-ring (bicyclic) bond motifs is 2. The van der Waals surface area contributed by atoms with Crippen molar-refractivity contribution in [2.45, 2.75) is 52.0 Å². The Bertz CT molecular complexity index is 955. The van der Waals surface area contributed by atoms with Crippen LogP contribution in [0.2, 0.25) is 0 Å². The van der Waals surface area contributed by atoms with Gasteiger partial charge in [0.2, 0.25) is 12.7 Å². The van der Waals surface area contributed by atoms with Crippen LogP contribution in [-0.4, -0.2) is 58.5 Å². The highest BCUT2D eigenvalue weighted by Crippen LogP contribution is 2.33. The van der Waals surface area contributed by atoms with Crippen molar-refractivity contribution in [2.75, 3.05) is 33.0 Å². The Morgan fingerprint density at radius 3 is 2.91 bits per heavy atom. The third-order valence-corrected chi connectivity index (χ3v) is 6.91. The van der Waals surface area contributed by atoms with E-state index in [-0.39, 0.29) is 11.8 Å². The van der Waals surface area contributed by atoms with Crippen LogP contribution in [-0.2, 0) is 30.6 Å². The molecular weight excluding hydrogens is 406 g/mol. The monoisotopic (exact) mass is 439 g/mol. The molecule has 1 fully saturated rings. The highest BCUT2D eigenvalue weighted by molar-refractivity contribution is 5.79. The second kappa shape index (κ2) is 9.48. The summed E-state index contributed by atoms with van der Waals surface area (Å²) in [6.07, 6.45) is 5.93. The zero-order valence-electron chi connectivity index (χ0n) is 18.9. The van der Waals surface area contributed by atoms with Gasteiger partial charge in [0, 0.05) is 51.5 Å². The number of carbonyl (C=O) groups excluding carboxylic acids is 1. The summed E-state index contributed by atoms with van der Waals surface area (Å²) in [4.78, 5) is 14.6. The average molecular weight is 440 g/mol. The van der Waals surface area contributed by atoms with Crippen LogP contribution in [0.25, 0.3) is 0 Å². The van der Waals surface area contributed by atoms with Crippen LogP contribution in [0.15, 0.2) is 18.2 Å². The molecule has 1 unspecified atom stereocenters. The van der Waals surface area contributed by atoms with E-state index in [1.165, 1.54) is 12.0 Å². The summed E-state index contributed by atoms with van der Waals surface area (Å²) in [5, 5.41) is 11.9. The maximum atomic E-state index is 12.1. The summed E-state index contributed by atoms with van der Waals surface area (Å²) < 4.78 is 13.2. The lowest BCUT2D eigenvalue weighted by molar-refractivity contribution is -0.127. The second-order valence-corrected chi connectivity index (χ2v) is 9.40. The number of carbonyl (C=O) groups is 1. The maximum Gasteiger partial charge on any atom is 0.231 e. The largest absolute Gasteiger partial charge is 0.454 e. The molecule has 32 heavy (non-hydrogen) atoms. The molecule has 3 aliphatic rings. The van der Waals surface area contributed by atoms with Gasteiger partial charge >= 0.3 is 0 Å². The number of benzene rings is 1. The fourth-order valence-electron chi connectivity index (χ4n) is 4.88. The summed E-state index contributed by atoms with van der Waals surface area (Å²) in [6, 6.07) is 6.26. The number of rotatable bonds is 8. The Morgan fingerprint density at radius 2 is 2.06 bits per heavy atom. The molecule has 3 heterocycles. The molecule has 1 atom stereocenters. The highest BCUT2D eigenvalue weighted by atomic mass is 16.7. The van der Waals surface area contributed by atoms with E-state index in [1.807, 2.05) is 6.07 Å². The predicted molar refractivity (Wildman–Crippen MR) is 120 cm³/mol. The van der Waals surface area contributed by atoms with Crippen molar-refractivity contribution in [1.82, 2.24) is 25.0 Å². The maximum absolute atomic E-state index is 12.1. The molecule has 0 radical (unpaired) electrons. The van der Waals surface area contributed by atoms with Crippen LogP contribution in [0, 0.1) is 11.8 Å². The molecule has 2 aromatic rings. The summed E-state index contributed by atoms with van der Waals surface area (Å²) >= 11 is 0. The van der Waals surface area contributed by atoms with E-state index < -0.39 is 0 Å². The summed E-state index contributed by atoms with van der Waals surface area (Å²) in [5.74, 6) is 4.74. The number of amides is 1. The number of aromatic nitrogens is 3. The minimum atomic E-state index is 0.203. The smallest absolute Gasteiger partial charge is 0.231 e. The molecule has 172 valence electrons. The molecule has 0 saturated heterocycles. The minimum absolute atomic E-state index is 0.203. The molecule has 1 N–H and O–H groups in total. The van der Waals surface area contributed by atoms with E-state index in [1.54, 1.807) is 0 Å². The van der Waals surface area contributed by atoms with Gasteiger partial charge in [-0.3, -0.25) is 4.79 Å². The summed E-state index contributed by atoms with van der Waals surface area (Å²) in [5.41, 5.74) is 1.29. The van der Waals surface area contributed by atoms with E-state index >= 15 is 0 Å². The van der Waals surface area contributed by atoms with Crippen molar-refractivity contribution in [2.24, 2.45) is 11.8 Å². The van der Waals surface area contributed by atoms with Gasteiger partial charge in [-0.15, -0.1) is 10.2 Å². The van der Waals surface area contributed by atoms with Gasteiger partial charge in [0.25, 0.3) is 0 Å². The van der Waals surface area contributed by atoms with Gasteiger partial charge in [-0.05, 0) is 42.9 Å². The molecule has 1 amide bonds. The number of ether oxygens (including phenoxy) is 2. The van der Waals surface area contributed by atoms with Gasteiger partial charge in [-0.25, -0.2) is 0 Å². The fraction of sp³-hybridized carbons (Fsp3) is 0.625. The third kappa shape index (κ3) is 4.75.